The molecule has 3 heteroatoms. The van der Waals surface area contributed by atoms with Gasteiger partial charge in [-0.15, -0.1) is 0 Å². The lowest BCUT2D eigenvalue weighted by Crippen LogP contribution is -2.38. The van der Waals surface area contributed by atoms with Crippen LogP contribution in [0.25, 0.3) is 0 Å². The molecular formula is C10H23NO2. The molecule has 0 aliphatic carbocycles. The molecule has 13 heavy (non-hydrogen) atoms. The van der Waals surface area contributed by atoms with E-state index in [1.54, 1.807) is 7.11 Å². The maximum Gasteiger partial charge on any atom is 0.0502 e. The van der Waals surface area contributed by atoms with E-state index in [-0.39, 0.29) is 6.61 Å². The van der Waals surface area contributed by atoms with Crippen LogP contribution in [0.5, 0.6) is 0 Å². The quantitative estimate of drug-likeness (QED) is 0.599. The minimum atomic E-state index is 0.245. The van der Waals surface area contributed by atoms with Crippen LogP contribution < -0.4 is 5.32 Å². The third-order valence-corrected chi connectivity index (χ3v) is 2.21. The fourth-order valence-corrected chi connectivity index (χ4v) is 1.44. The van der Waals surface area contributed by atoms with Gasteiger partial charge in [0, 0.05) is 19.8 Å². The molecule has 0 aliphatic heterocycles. The smallest absolute Gasteiger partial charge is 0.0502 e. The van der Waals surface area contributed by atoms with Gasteiger partial charge in [-0.1, -0.05) is 13.8 Å². The van der Waals surface area contributed by atoms with Crippen LogP contribution in [0.4, 0.5) is 0 Å². The largest absolute Gasteiger partial charge is 0.396 e. The Bertz CT molecular complexity index is 109. The average molecular weight is 189 g/mol. The van der Waals surface area contributed by atoms with Gasteiger partial charge in [0.25, 0.3) is 0 Å². The van der Waals surface area contributed by atoms with Crippen molar-refractivity contribution in [2.75, 3.05) is 26.9 Å². The molecule has 3 nitrogen and oxygen atoms in total. The van der Waals surface area contributed by atoms with E-state index in [1.165, 1.54) is 0 Å². The molecule has 0 spiro atoms. The molecule has 0 saturated carbocycles. The molecule has 0 aromatic rings. The highest BCUT2D eigenvalue weighted by atomic mass is 16.5. The molecule has 2 unspecified atom stereocenters. The van der Waals surface area contributed by atoms with Gasteiger partial charge < -0.3 is 15.2 Å². The first-order valence-corrected chi connectivity index (χ1v) is 5.09. The summed E-state index contributed by atoms with van der Waals surface area (Å²) in [6.45, 7) is 6.30. The van der Waals surface area contributed by atoms with E-state index < -0.39 is 0 Å². The highest BCUT2D eigenvalue weighted by molar-refractivity contribution is 4.72. The topological polar surface area (TPSA) is 41.5 Å². The van der Waals surface area contributed by atoms with E-state index in [0.29, 0.717) is 12.0 Å². The van der Waals surface area contributed by atoms with E-state index >= 15 is 0 Å². The number of aliphatic hydroxyl groups excluding tert-OH is 1. The van der Waals surface area contributed by atoms with Gasteiger partial charge in [-0.3, -0.25) is 0 Å². The fourth-order valence-electron chi connectivity index (χ4n) is 1.44. The summed E-state index contributed by atoms with van der Waals surface area (Å²) in [6.07, 6.45) is 1.94. The number of ether oxygens (including phenoxy) is 1. The molecule has 0 bridgehead atoms. The lowest BCUT2D eigenvalue weighted by Gasteiger charge is -2.23. The van der Waals surface area contributed by atoms with Crippen LogP contribution >= 0.6 is 0 Å². The SMILES string of the molecule is CCCNC(CCO)C(C)COC. The zero-order valence-electron chi connectivity index (χ0n) is 9.05. The Hall–Kier alpha value is -0.120. The third-order valence-electron chi connectivity index (χ3n) is 2.21. The molecule has 2 atom stereocenters. The Morgan fingerprint density at radius 3 is 2.62 bits per heavy atom. The van der Waals surface area contributed by atoms with Gasteiger partial charge in [0.15, 0.2) is 0 Å². The Morgan fingerprint density at radius 2 is 2.15 bits per heavy atom. The van der Waals surface area contributed by atoms with Crippen molar-refractivity contribution in [3.63, 3.8) is 0 Å². The van der Waals surface area contributed by atoms with Crippen LogP contribution in [0.3, 0.4) is 0 Å². The Kier molecular flexibility index (Phi) is 8.40. The lowest BCUT2D eigenvalue weighted by atomic mass is 10.00. The fraction of sp³-hybridized carbons (Fsp3) is 1.00. The maximum atomic E-state index is 8.87. The second-order valence-corrected chi connectivity index (χ2v) is 3.51. The van der Waals surface area contributed by atoms with Gasteiger partial charge >= 0.3 is 0 Å². The molecule has 0 heterocycles. The van der Waals surface area contributed by atoms with Gasteiger partial charge in [-0.25, -0.2) is 0 Å². The predicted molar refractivity (Wildman–Crippen MR) is 54.8 cm³/mol. The van der Waals surface area contributed by atoms with Gasteiger partial charge in [-0.05, 0) is 25.3 Å². The summed E-state index contributed by atoms with van der Waals surface area (Å²) >= 11 is 0. The first kappa shape index (κ1) is 12.9. The van der Waals surface area contributed by atoms with Gasteiger partial charge in [0.2, 0.25) is 0 Å². The third kappa shape index (κ3) is 6.02. The predicted octanol–water partition coefficient (Wildman–Crippen LogP) is 1.02. The van der Waals surface area contributed by atoms with E-state index in [2.05, 4.69) is 19.2 Å². The second kappa shape index (κ2) is 8.48. The van der Waals surface area contributed by atoms with Crippen LogP contribution in [-0.2, 0) is 4.74 Å². The number of hydrogen-bond donors (Lipinski definition) is 2. The highest BCUT2D eigenvalue weighted by Crippen LogP contribution is 2.07. The van der Waals surface area contributed by atoms with Crippen molar-refractivity contribution in [3.05, 3.63) is 0 Å². The van der Waals surface area contributed by atoms with Gasteiger partial charge in [0.1, 0.15) is 0 Å². The molecule has 0 amide bonds. The molecule has 0 aliphatic rings. The first-order valence-electron chi connectivity index (χ1n) is 5.09. The molecule has 0 radical (unpaired) electrons. The summed E-state index contributed by atoms with van der Waals surface area (Å²) in [7, 11) is 1.71. The standard InChI is InChI=1S/C10H23NO2/c1-4-6-11-10(5-7-12)9(2)8-13-3/h9-12H,4-8H2,1-3H3. The highest BCUT2D eigenvalue weighted by Gasteiger charge is 2.15. The number of aliphatic hydroxyl groups is 1. The summed E-state index contributed by atoms with van der Waals surface area (Å²) in [6, 6.07) is 0.380. The molecular weight excluding hydrogens is 166 g/mol. The zero-order chi connectivity index (χ0) is 10.1. The molecule has 0 saturated heterocycles. The van der Waals surface area contributed by atoms with Gasteiger partial charge in [0.05, 0.1) is 6.61 Å². The van der Waals surface area contributed by atoms with Crippen LogP contribution in [0.1, 0.15) is 26.7 Å². The summed E-state index contributed by atoms with van der Waals surface area (Å²) in [4.78, 5) is 0. The van der Waals surface area contributed by atoms with E-state index in [1.807, 2.05) is 0 Å². The molecule has 0 aromatic heterocycles. The molecule has 80 valence electrons. The minimum Gasteiger partial charge on any atom is -0.396 e. The Balaban J connectivity index is 3.75. The van der Waals surface area contributed by atoms with Crippen molar-refractivity contribution >= 4 is 0 Å². The molecule has 0 fully saturated rings. The van der Waals surface area contributed by atoms with Crippen LogP contribution in [-0.4, -0.2) is 38.0 Å². The normalized spacial score (nSPS) is 15.7. The lowest BCUT2D eigenvalue weighted by molar-refractivity contribution is 0.129. The minimum absolute atomic E-state index is 0.245. The average Bonchev–Trinajstić information content (AvgIpc) is 2.12. The number of nitrogens with one attached hydrogen (secondary N) is 1. The Labute approximate surface area is 81.5 Å². The van der Waals surface area contributed by atoms with Crippen molar-refractivity contribution in [2.45, 2.75) is 32.7 Å². The van der Waals surface area contributed by atoms with E-state index in [4.69, 9.17) is 9.84 Å². The Morgan fingerprint density at radius 1 is 1.46 bits per heavy atom. The van der Waals surface area contributed by atoms with Gasteiger partial charge in [-0.2, -0.15) is 0 Å². The monoisotopic (exact) mass is 189 g/mol. The van der Waals surface area contributed by atoms with E-state index in [0.717, 1.165) is 26.0 Å². The summed E-state index contributed by atoms with van der Waals surface area (Å²) in [5.74, 6) is 0.462. The maximum absolute atomic E-state index is 8.87. The van der Waals surface area contributed by atoms with Crippen molar-refractivity contribution in [3.8, 4) is 0 Å². The summed E-state index contributed by atoms with van der Waals surface area (Å²) in [5, 5.41) is 12.3. The van der Waals surface area contributed by atoms with E-state index in [9.17, 15) is 0 Å². The number of hydrogen-bond acceptors (Lipinski definition) is 3. The second-order valence-electron chi connectivity index (χ2n) is 3.51. The first-order chi connectivity index (χ1) is 6.26. The zero-order valence-corrected chi connectivity index (χ0v) is 9.05. The summed E-state index contributed by atoms with van der Waals surface area (Å²) in [5.41, 5.74) is 0. The van der Waals surface area contributed by atoms with Crippen molar-refractivity contribution in [1.29, 1.82) is 0 Å². The van der Waals surface area contributed by atoms with Crippen LogP contribution in [0.2, 0.25) is 0 Å². The van der Waals surface area contributed by atoms with Crippen molar-refractivity contribution < 1.29 is 9.84 Å². The summed E-state index contributed by atoms with van der Waals surface area (Å²) < 4.78 is 5.09. The van der Waals surface area contributed by atoms with Crippen LogP contribution in [0, 0.1) is 5.92 Å². The molecule has 0 rings (SSSR count). The molecule has 0 aromatic carbocycles. The van der Waals surface area contributed by atoms with Crippen molar-refractivity contribution in [1.82, 2.24) is 5.32 Å². The van der Waals surface area contributed by atoms with Crippen molar-refractivity contribution in [2.24, 2.45) is 5.92 Å². The number of rotatable bonds is 8. The van der Waals surface area contributed by atoms with Crippen LogP contribution in [0.15, 0.2) is 0 Å². The number of methoxy groups -OCH3 is 1. The molecule has 2 N–H and O–H groups in total.